The molecular weight excluding hydrogens is 258 g/mol. The Bertz CT molecular complexity index is 243. The fourth-order valence-corrected chi connectivity index (χ4v) is 2.86. The molecule has 2 fully saturated rings. The molecule has 1 aliphatic carbocycles. The summed E-state index contributed by atoms with van der Waals surface area (Å²) in [6.45, 7) is 3.36. The number of amides is 1. The molecule has 3 unspecified atom stereocenters. The fraction of sp³-hybridized carbons (Fsp3) is 0.909. The van der Waals surface area contributed by atoms with E-state index in [1.165, 1.54) is 12.8 Å². The van der Waals surface area contributed by atoms with Gasteiger partial charge in [0.15, 0.2) is 0 Å². The minimum atomic E-state index is -0.0711. The number of fused-ring (bicyclic) bond motifs is 1. The van der Waals surface area contributed by atoms with Crippen molar-refractivity contribution < 1.29 is 9.53 Å². The van der Waals surface area contributed by atoms with Crippen LogP contribution in [0.3, 0.4) is 0 Å². The SMILES string of the molecule is CC(Br)C(=O)N1CCOC2CCCCC21. The lowest BCUT2D eigenvalue weighted by Crippen LogP contribution is -2.56. The Hall–Kier alpha value is -0.0900. The normalized spacial score (nSPS) is 33.3. The molecule has 15 heavy (non-hydrogen) atoms. The lowest BCUT2D eigenvalue weighted by Gasteiger charge is -2.44. The zero-order valence-corrected chi connectivity index (χ0v) is 10.7. The second-order valence-electron chi connectivity index (χ2n) is 4.41. The molecule has 4 heteroatoms. The molecule has 1 amide bonds. The maximum atomic E-state index is 12.0. The van der Waals surface area contributed by atoms with Crippen molar-refractivity contribution in [3.8, 4) is 0 Å². The zero-order chi connectivity index (χ0) is 10.8. The van der Waals surface area contributed by atoms with Crippen molar-refractivity contribution in [2.75, 3.05) is 13.2 Å². The van der Waals surface area contributed by atoms with Crippen LogP contribution in [-0.4, -0.2) is 40.9 Å². The van der Waals surface area contributed by atoms with E-state index in [9.17, 15) is 4.79 Å². The Morgan fingerprint density at radius 1 is 1.47 bits per heavy atom. The summed E-state index contributed by atoms with van der Waals surface area (Å²) in [6.07, 6.45) is 4.99. The van der Waals surface area contributed by atoms with Gasteiger partial charge in [-0.25, -0.2) is 0 Å². The average Bonchev–Trinajstić information content (AvgIpc) is 2.27. The van der Waals surface area contributed by atoms with Gasteiger partial charge in [0.25, 0.3) is 0 Å². The molecular formula is C11H18BrNO2. The molecule has 0 aromatic carbocycles. The van der Waals surface area contributed by atoms with Crippen LogP contribution in [0.5, 0.6) is 0 Å². The molecule has 0 N–H and O–H groups in total. The van der Waals surface area contributed by atoms with Crippen LogP contribution < -0.4 is 0 Å². The number of hydrogen-bond acceptors (Lipinski definition) is 2. The van der Waals surface area contributed by atoms with E-state index in [-0.39, 0.29) is 10.7 Å². The number of nitrogens with zero attached hydrogens (tertiary/aromatic N) is 1. The summed E-state index contributed by atoms with van der Waals surface area (Å²) < 4.78 is 5.73. The highest BCUT2D eigenvalue weighted by molar-refractivity contribution is 9.10. The van der Waals surface area contributed by atoms with E-state index in [4.69, 9.17) is 4.74 Å². The van der Waals surface area contributed by atoms with E-state index in [2.05, 4.69) is 15.9 Å². The van der Waals surface area contributed by atoms with Crippen molar-refractivity contribution in [2.45, 2.75) is 49.6 Å². The Labute approximate surface area is 99.3 Å². The second-order valence-corrected chi connectivity index (χ2v) is 5.78. The number of halogens is 1. The largest absolute Gasteiger partial charge is 0.374 e. The van der Waals surface area contributed by atoms with Gasteiger partial charge in [-0.3, -0.25) is 4.79 Å². The van der Waals surface area contributed by atoms with Crippen molar-refractivity contribution in [2.24, 2.45) is 0 Å². The Morgan fingerprint density at radius 3 is 2.93 bits per heavy atom. The summed E-state index contributed by atoms with van der Waals surface area (Å²) in [5.74, 6) is 0.218. The highest BCUT2D eigenvalue weighted by Crippen LogP contribution is 2.29. The minimum absolute atomic E-state index is 0.0711. The van der Waals surface area contributed by atoms with Crippen LogP contribution in [0, 0.1) is 0 Å². The first-order valence-corrected chi connectivity index (χ1v) is 6.68. The summed E-state index contributed by atoms with van der Waals surface area (Å²) in [7, 11) is 0. The number of carbonyl (C=O) groups is 1. The van der Waals surface area contributed by atoms with E-state index in [0.29, 0.717) is 18.8 Å². The van der Waals surface area contributed by atoms with Crippen molar-refractivity contribution in [1.82, 2.24) is 4.90 Å². The number of carbonyl (C=O) groups excluding carboxylic acids is 1. The maximum Gasteiger partial charge on any atom is 0.236 e. The monoisotopic (exact) mass is 275 g/mol. The molecule has 0 bridgehead atoms. The predicted octanol–water partition coefficient (Wildman–Crippen LogP) is 1.94. The van der Waals surface area contributed by atoms with Crippen LogP contribution in [0.2, 0.25) is 0 Å². The van der Waals surface area contributed by atoms with Crippen molar-refractivity contribution in [3.05, 3.63) is 0 Å². The first-order valence-electron chi connectivity index (χ1n) is 5.76. The number of hydrogen-bond donors (Lipinski definition) is 0. The van der Waals surface area contributed by atoms with Crippen molar-refractivity contribution in [3.63, 3.8) is 0 Å². The Morgan fingerprint density at radius 2 is 2.20 bits per heavy atom. The van der Waals surface area contributed by atoms with Crippen LogP contribution in [0.1, 0.15) is 32.6 Å². The Balaban J connectivity index is 2.06. The van der Waals surface area contributed by atoms with E-state index in [1.807, 2.05) is 11.8 Å². The third-order valence-corrected chi connectivity index (χ3v) is 3.75. The molecule has 0 aromatic heterocycles. The molecule has 0 aromatic rings. The zero-order valence-electron chi connectivity index (χ0n) is 9.12. The van der Waals surface area contributed by atoms with Crippen molar-refractivity contribution >= 4 is 21.8 Å². The average molecular weight is 276 g/mol. The van der Waals surface area contributed by atoms with Crippen molar-refractivity contribution in [1.29, 1.82) is 0 Å². The molecule has 1 saturated carbocycles. The third kappa shape index (κ3) is 2.36. The van der Waals surface area contributed by atoms with Gasteiger partial charge < -0.3 is 9.64 Å². The van der Waals surface area contributed by atoms with E-state index in [0.717, 1.165) is 19.4 Å². The molecule has 3 atom stereocenters. The molecule has 86 valence electrons. The van der Waals surface area contributed by atoms with E-state index >= 15 is 0 Å². The van der Waals surface area contributed by atoms with Gasteiger partial charge in [0, 0.05) is 6.54 Å². The maximum absolute atomic E-state index is 12.0. The highest BCUT2D eigenvalue weighted by Gasteiger charge is 2.37. The van der Waals surface area contributed by atoms with Gasteiger partial charge >= 0.3 is 0 Å². The van der Waals surface area contributed by atoms with Gasteiger partial charge in [0.1, 0.15) is 0 Å². The van der Waals surface area contributed by atoms with Gasteiger partial charge in [-0.05, 0) is 19.8 Å². The van der Waals surface area contributed by atoms with Crippen LogP contribution in [0.25, 0.3) is 0 Å². The summed E-state index contributed by atoms with van der Waals surface area (Å²) in [5, 5.41) is 0. The fourth-order valence-electron chi connectivity index (χ4n) is 2.60. The van der Waals surface area contributed by atoms with Crippen LogP contribution in [-0.2, 0) is 9.53 Å². The minimum Gasteiger partial charge on any atom is -0.374 e. The molecule has 1 heterocycles. The smallest absolute Gasteiger partial charge is 0.236 e. The topological polar surface area (TPSA) is 29.5 Å². The summed E-state index contributed by atoms with van der Waals surface area (Å²) >= 11 is 3.36. The third-order valence-electron chi connectivity index (χ3n) is 3.36. The first kappa shape index (κ1) is 11.4. The Kier molecular flexibility index (Phi) is 3.67. The van der Waals surface area contributed by atoms with Gasteiger partial charge in [0.2, 0.25) is 5.91 Å². The quantitative estimate of drug-likeness (QED) is 0.685. The van der Waals surface area contributed by atoms with E-state index < -0.39 is 0 Å². The summed E-state index contributed by atoms with van der Waals surface area (Å²) in [4.78, 5) is 13.9. The van der Waals surface area contributed by atoms with E-state index in [1.54, 1.807) is 0 Å². The van der Waals surface area contributed by atoms with Gasteiger partial charge in [-0.2, -0.15) is 0 Å². The molecule has 1 saturated heterocycles. The van der Waals surface area contributed by atoms with Gasteiger partial charge in [-0.1, -0.05) is 28.8 Å². The summed E-state index contributed by atoms with van der Waals surface area (Å²) in [5.41, 5.74) is 0. The predicted molar refractivity (Wildman–Crippen MR) is 62.1 cm³/mol. The standard InChI is InChI=1S/C11H18BrNO2/c1-8(12)11(14)13-6-7-15-10-5-3-2-4-9(10)13/h8-10H,2-7H2,1H3. The lowest BCUT2D eigenvalue weighted by atomic mass is 9.90. The lowest BCUT2D eigenvalue weighted by molar-refractivity contribution is -0.148. The van der Waals surface area contributed by atoms with Crippen LogP contribution >= 0.6 is 15.9 Å². The number of rotatable bonds is 1. The molecule has 1 aliphatic heterocycles. The summed E-state index contributed by atoms with van der Waals surface area (Å²) in [6, 6.07) is 0.333. The second kappa shape index (κ2) is 4.83. The number of alkyl halides is 1. The first-order chi connectivity index (χ1) is 7.20. The van der Waals surface area contributed by atoms with Gasteiger partial charge in [0.05, 0.1) is 23.6 Å². The molecule has 3 nitrogen and oxygen atoms in total. The number of ether oxygens (including phenoxy) is 1. The molecule has 0 radical (unpaired) electrons. The molecule has 0 spiro atoms. The van der Waals surface area contributed by atoms with Gasteiger partial charge in [-0.15, -0.1) is 0 Å². The van der Waals surface area contributed by atoms with Crippen LogP contribution in [0.4, 0.5) is 0 Å². The highest BCUT2D eigenvalue weighted by atomic mass is 79.9. The molecule has 2 aliphatic rings. The van der Waals surface area contributed by atoms with Crippen LogP contribution in [0.15, 0.2) is 0 Å². The number of morpholine rings is 1. The molecule has 2 rings (SSSR count).